The number of halogens is 1. The van der Waals surface area contributed by atoms with Crippen LogP contribution < -0.4 is 0 Å². The van der Waals surface area contributed by atoms with Gasteiger partial charge in [0.1, 0.15) is 5.82 Å². The van der Waals surface area contributed by atoms with Crippen molar-refractivity contribution in [1.82, 2.24) is 0 Å². The van der Waals surface area contributed by atoms with Crippen molar-refractivity contribution >= 4 is 8.32 Å². The van der Waals surface area contributed by atoms with E-state index in [2.05, 4.69) is 19.6 Å². The SMILES string of the molecule is C[Si](C)(C)OC12CC1Cc1cc(F)ccc12. The van der Waals surface area contributed by atoms with Crippen LogP contribution >= 0.6 is 0 Å². The molecule has 1 fully saturated rings. The molecule has 86 valence electrons. The average molecular weight is 236 g/mol. The normalized spacial score (nSPS) is 31.1. The Kier molecular flexibility index (Phi) is 1.94. The van der Waals surface area contributed by atoms with Crippen molar-refractivity contribution < 1.29 is 8.82 Å². The lowest BCUT2D eigenvalue weighted by Crippen LogP contribution is -2.32. The highest BCUT2D eigenvalue weighted by Crippen LogP contribution is 2.63. The molecule has 3 rings (SSSR count). The molecule has 0 aromatic heterocycles. The average Bonchev–Trinajstić information content (AvgIpc) is 2.68. The highest BCUT2D eigenvalue weighted by molar-refractivity contribution is 6.69. The van der Waals surface area contributed by atoms with Crippen LogP contribution in [-0.2, 0) is 16.4 Å². The molecule has 2 atom stereocenters. The fraction of sp³-hybridized carbons (Fsp3) is 0.538. The highest BCUT2D eigenvalue weighted by Gasteiger charge is 2.62. The van der Waals surface area contributed by atoms with Gasteiger partial charge in [0.2, 0.25) is 0 Å². The van der Waals surface area contributed by atoms with E-state index in [9.17, 15) is 4.39 Å². The zero-order valence-corrected chi connectivity index (χ0v) is 11.0. The maximum Gasteiger partial charge on any atom is 0.184 e. The fourth-order valence-corrected chi connectivity index (χ4v) is 4.46. The molecule has 1 aromatic carbocycles. The first-order valence-electron chi connectivity index (χ1n) is 5.90. The van der Waals surface area contributed by atoms with Crippen molar-refractivity contribution in [3.63, 3.8) is 0 Å². The first-order valence-corrected chi connectivity index (χ1v) is 9.31. The summed E-state index contributed by atoms with van der Waals surface area (Å²) < 4.78 is 19.5. The van der Waals surface area contributed by atoms with E-state index in [1.807, 2.05) is 6.07 Å². The third kappa shape index (κ3) is 1.45. The molecule has 0 saturated heterocycles. The van der Waals surface area contributed by atoms with Crippen LogP contribution in [0.3, 0.4) is 0 Å². The molecular weight excluding hydrogens is 219 g/mol. The summed E-state index contributed by atoms with van der Waals surface area (Å²) in [6, 6.07) is 5.17. The second-order valence-electron chi connectivity index (χ2n) is 6.01. The molecule has 0 amide bonds. The molecule has 3 heteroatoms. The van der Waals surface area contributed by atoms with E-state index in [-0.39, 0.29) is 11.4 Å². The van der Waals surface area contributed by atoms with Crippen LogP contribution in [0, 0.1) is 11.7 Å². The highest BCUT2D eigenvalue weighted by atomic mass is 28.4. The minimum atomic E-state index is -1.53. The number of benzene rings is 1. The Bertz CT molecular complexity index is 452. The van der Waals surface area contributed by atoms with Gasteiger partial charge in [-0.15, -0.1) is 0 Å². The van der Waals surface area contributed by atoms with Gasteiger partial charge in [0.25, 0.3) is 0 Å². The molecule has 1 aromatic rings. The Balaban J connectivity index is 1.98. The van der Waals surface area contributed by atoms with Crippen LogP contribution in [0.15, 0.2) is 18.2 Å². The summed E-state index contributed by atoms with van der Waals surface area (Å²) >= 11 is 0. The Hall–Kier alpha value is -0.673. The van der Waals surface area contributed by atoms with E-state index in [4.69, 9.17) is 4.43 Å². The van der Waals surface area contributed by atoms with E-state index in [0.29, 0.717) is 5.92 Å². The summed E-state index contributed by atoms with van der Waals surface area (Å²) in [7, 11) is -1.53. The Morgan fingerprint density at radius 3 is 2.81 bits per heavy atom. The number of rotatable bonds is 2. The van der Waals surface area contributed by atoms with Crippen molar-refractivity contribution in [2.45, 2.75) is 38.1 Å². The molecule has 2 unspecified atom stereocenters. The lowest BCUT2D eigenvalue weighted by molar-refractivity contribution is 0.162. The lowest BCUT2D eigenvalue weighted by atomic mass is 10.0. The van der Waals surface area contributed by atoms with Crippen LogP contribution in [0.2, 0.25) is 19.6 Å². The molecule has 0 heterocycles. The summed E-state index contributed by atoms with van der Waals surface area (Å²) in [5, 5.41) is 0. The molecular formula is C13H17FOSi. The third-order valence-corrected chi connectivity index (χ3v) is 4.50. The molecule has 0 radical (unpaired) electrons. The van der Waals surface area contributed by atoms with Gasteiger partial charge in [0.15, 0.2) is 8.32 Å². The minimum absolute atomic E-state index is 0.0342. The van der Waals surface area contributed by atoms with Gasteiger partial charge in [-0.1, -0.05) is 6.07 Å². The molecule has 1 saturated carbocycles. The molecule has 0 bridgehead atoms. The van der Waals surface area contributed by atoms with Gasteiger partial charge in [-0.3, -0.25) is 0 Å². The monoisotopic (exact) mass is 236 g/mol. The van der Waals surface area contributed by atoms with Crippen molar-refractivity contribution in [3.05, 3.63) is 35.1 Å². The number of hydrogen-bond acceptors (Lipinski definition) is 1. The van der Waals surface area contributed by atoms with Gasteiger partial charge < -0.3 is 4.43 Å². The quantitative estimate of drug-likeness (QED) is 0.715. The summed E-state index contributed by atoms with van der Waals surface area (Å²) in [6.07, 6.45) is 2.13. The fourth-order valence-electron chi connectivity index (χ4n) is 3.01. The summed E-state index contributed by atoms with van der Waals surface area (Å²) in [5.41, 5.74) is 2.38. The van der Waals surface area contributed by atoms with Crippen LogP contribution in [0.4, 0.5) is 4.39 Å². The number of fused-ring (bicyclic) bond motifs is 3. The zero-order chi connectivity index (χ0) is 11.6. The van der Waals surface area contributed by atoms with E-state index in [1.165, 1.54) is 5.56 Å². The molecule has 2 aliphatic rings. The van der Waals surface area contributed by atoms with Crippen LogP contribution in [0.1, 0.15) is 17.5 Å². The van der Waals surface area contributed by atoms with E-state index in [1.54, 1.807) is 12.1 Å². The molecule has 0 spiro atoms. The smallest absolute Gasteiger partial charge is 0.184 e. The maximum absolute atomic E-state index is 13.1. The predicted octanol–water partition coefficient (Wildman–Crippen LogP) is 3.45. The van der Waals surface area contributed by atoms with Crippen molar-refractivity contribution in [2.24, 2.45) is 5.92 Å². The van der Waals surface area contributed by atoms with Gasteiger partial charge in [-0.05, 0) is 61.7 Å². The molecule has 0 aliphatic heterocycles. The Morgan fingerprint density at radius 2 is 2.12 bits per heavy atom. The summed E-state index contributed by atoms with van der Waals surface area (Å²) in [4.78, 5) is 0. The second kappa shape index (κ2) is 2.96. The molecule has 0 N–H and O–H groups in total. The molecule has 16 heavy (non-hydrogen) atoms. The number of hydrogen-bond donors (Lipinski definition) is 0. The summed E-state index contributed by atoms with van der Waals surface area (Å²) in [6.45, 7) is 6.66. The van der Waals surface area contributed by atoms with Gasteiger partial charge >= 0.3 is 0 Å². The Labute approximate surface area is 96.8 Å². The van der Waals surface area contributed by atoms with Gasteiger partial charge in [-0.2, -0.15) is 0 Å². The van der Waals surface area contributed by atoms with Crippen LogP contribution in [0.25, 0.3) is 0 Å². The second-order valence-corrected chi connectivity index (χ2v) is 10.4. The van der Waals surface area contributed by atoms with E-state index >= 15 is 0 Å². The van der Waals surface area contributed by atoms with Crippen molar-refractivity contribution in [2.75, 3.05) is 0 Å². The topological polar surface area (TPSA) is 9.23 Å². The largest absolute Gasteiger partial charge is 0.408 e. The van der Waals surface area contributed by atoms with Crippen LogP contribution in [0.5, 0.6) is 0 Å². The molecule has 2 aliphatic carbocycles. The van der Waals surface area contributed by atoms with Crippen molar-refractivity contribution in [1.29, 1.82) is 0 Å². The zero-order valence-electron chi connectivity index (χ0n) is 10.0. The first kappa shape index (κ1) is 10.5. The Morgan fingerprint density at radius 1 is 1.38 bits per heavy atom. The minimum Gasteiger partial charge on any atom is -0.408 e. The van der Waals surface area contributed by atoms with Gasteiger partial charge in [0.05, 0.1) is 5.60 Å². The standard InChI is InChI=1S/C13H17FOSi/c1-16(2,3)15-13-8-10(13)6-9-7-11(14)4-5-12(9)13/h4-5,7,10H,6,8H2,1-3H3. The van der Waals surface area contributed by atoms with E-state index in [0.717, 1.165) is 18.4 Å². The van der Waals surface area contributed by atoms with Gasteiger partial charge in [-0.25, -0.2) is 4.39 Å². The maximum atomic E-state index is 13.1. The van der Waals surface area contributed by atoms with Gasteiger partial charge in [0, 0.05) is 0 Å². The lowest BCUT2D eigenvalue weighted by Gasteiger charge is -2.26. The van der Waals surface area contributed by atoms with Crippen molar-refractivity contribution in [3.8, 4) is 0 Å². The van der Waals surface area contributed by atoms with Crippen LogP contribution in [-0.4, -0.2) is 8.32 Å². The third-order valence-electron chi connectivity index (χ3n) is 3.53. The first-order chi connectivity index (χ1) is 7.41. The molecule has 1 nitrogen and oxygen atoms in total. The predicted molar refractivity (Wildman–Crippen MR) is 64.3 cm³/mol. The van der Waals surface area contributed by atoms with E-state index < -0.39 is 8.32 Å². The summed E-state index contributed by atoms with van der Waals surface area (Å²) in [5.74, 6) is 0.485.